The fourth-order valence-corrected chi connectivity index (χ4v) is 10.7. The number of fused-ring (bicyclic) bond motifs is 2. The second-order valence-corrected chi connectivity index (χ2v) is 20.8. The van der Waals surface area contributed by atoms with Crippen LogP contribution < -0.4 is 16.0 Å². The minimum absolute atomic E-state index is 0.00951. The number of methoxy groups -OCH3 is 3. The first-order chi connectivity index (χ1) is 32.7. The predicted octanol–water partition coefficient (Wildman–Crippen LogP) is 5.41. The van der Waals surface area contributed by atoms with Crippen molar-refractivity contribution >= 4 is 41.6 Å². The summed E-state index contributed by atoms with van der Waals surface area (Å²) >= 11 is 0. The molecule has 2 aliphatic heterocycles. The van der Waals surface area contributed by atoms with E-state index >= 15 is 0 Å². The summed E-state index contributed by atoms with van der Waals surface area (Å²) in [5.41, 5.74) is 0.279. The van der Waals surface area contributed by atoms with Crippen LogP contribution >= 0.6 is 0 Å². The molecule has 17 heteroatoms. The lowest BCUT2D eigenvalue weighted by Gasteiger charge is -2.41. The maximum Gasteiger partial charge on any atom is 0.407 e. The van der Waals surface area contributed by atoms with E-state index in [2.05, 4.69) is 16.0 Å². The number of esters is 1. The summed E-state index contributed by atoms with van der Waals surface area (Å²) < 4.78 is 22.4. The minimum atomic E-state index is -0.916. The van der Waals surface area contributed by atoms with E-state index in [-0.39, 0.29) is 66.7 Å². The number of hydrogen-bond acceptors (Lipinski definition) is 11. The third-order valence-corrected chi connectivity index (χ3v) is 14.5. The van der Waals surface area contributed by atoms with Crippen LogP contribution in [0.1, 0.15) is 132 Å². The van der Waals surface area contributed by atoms with E-state index in [9.17, 15) is 33.6 Å². The van der Waals surface area contributed by atoms with Gasteiger partial charge < -0.3 is 49.6 Å². The van der Waals surface area contributed by atoms with Crippen LogP contribution in [0.4, 0.5) is 4.79 Å². The van der Waals surface area contributed by atoms with E-state index in [1.165, 1.54) is 21.3 Å². The Bertz CT molecular complexity index is 1880. The van der Waals surface area contributed by atoms with Crippen molar-refractivity contribution in [2.24, 2.45) is 23.7 Å². The first-order valence-electron chi connectivity index (χ1n) is 25.3. The SMILES string of the molecule is CC[C@H](C)[C@@H]([C@@H](CC(=O)N1CCCC1[C@H](OC)[C@@H](C)C(=O)NC(Cc1ccccc1)C(=O)OC)OC)N(C)C(=O)C(NC(=O)[C@@H]1[C@H]2CC[C@H](C2)N1C(=O)CCCCCNC(=O)OC(C)(C)C)C(C)C. The van der Waals surface area contributed by atoms with Gasteiger partial charge in [0.1, 0.15) is 23.7 Å². The van der Waals surface area contributed by atoms with E-state index in [1.807, 2.05) is 58.0 Å². The number of hydrogen-bond donors (Lipinski definition) is 3. The maximum atomic E-state index is 14.7. The lowest BCUT2D eigenvalue weighted by molar-refractivity contribution is -0.149. The van der Waals surface area contributed by atoms with Crippen LogP contribution in [0.2, 0.25) is 0 Å². The third-order valence-electron chi connectivity index (χ3n) is 14.5. The van der Waals surface area contributed by atoms with Gasteiger partial charge in [0.15, 0.2) is 0 Å². The number of carbonyl (C=O) groups is 7. The molecule has 1 aromatic rings. The molecule has 3 unspecified atom stereocenters. The quantitative estimate of drug-likeness (QED) is 0.0836. The van der Waals surface area contributed by atoms with Gasteiger partial charge in [-0.25, -0.2) is 9.59 Å². The van der Waals surface area contributed by atoms with Crippen molar-refractivity contribution in [1.29, 1.82) is 0 Å². The average molecular weight is 969 g/mol. The number of alkyl carbamates (subject to hydrolysis) is 1. The zero-order valence-electron chi connectivity index (χ0n) is 43.5. The van der Waals surface area contributed by atoms with Gasteiger partial charge in [-0.3, -0.25) is 24.0 Å². The van der Waals surface area contributed by atoms with E-state index in [1.54, 1.807) is 49.4 Å². The molecule has 3 fully saturated rings. The molecule has 2 saturated heterocycles. The van der Waals surface area contributed by atoms with Gasteiger partial charge in [-0.2, -0.15) is 0 Å². The summed E-state index contributed by atoms with van der Waals surface area (Å²) in [6, 6.07) is 5.87. The number of nitrogens with one attached hydrogen (secondary N) is 3. The molecule has 388 valence electrons. The van der Waals surface area contributed by atoms with Crippen molar-refractivity contribution in [3.8, 4) is 0 Å². The molecular formula is C52H84N6O11. The van der Waals surface area contributed by atoms with Crippen LogP contribution in [0.25, 0.3) is 0 Å². The molecule has 17 nitrogen and oxygen atoms in total. The lowest BCUT2D eigenvalue weighted by atomic mass is 9.89. The molecule has 4 rings (SSSR count). The number of unbranched alkanes of at least 4 members (excludes halogenated alkanes) is 2. The summed E-state index contributed by atoms with van der Waals surface area (Å²) in [7, 11) is 6.04. The molecule has 1 aromatic carbocycles. The summed E-state index contributed by atoms with van der Waals surface area (Å²) in [6.07, 6.45) is 5.07. The molecule has 2 heterocycles. The maximum absolute atomic E-state index is 14.7. The van der Waals surface area contributed by atoms with Gasteiger partial charge in [-0.05, 0) is 89.0 Å². The number of benzene rings is 1. The van der Waals surface area contributed by atoms with Crippen molar-refractivity contribution in [3.05, 3.63) is 35.9 Å². The second-order valence-electron chi connectivity index (χ2n) is 20.8. The van der Waals surface area contributed by atoms with Gasteiger partial charge >= 0.3 is 12.1 Å². The van der Waals surface area contributed by atoms with Crippen LogP contribution in [0, 0.1) is 23.7 Å². The van der Waals surface area contributed by atoms with Gasteiger partial charge in [0.05, 0.1) is 43.7 Å². The van der Waals surface area contributed by atoms with Crippen LogP contribution in [0.5, 0.6) is 0 Å². The molecule has 11 atom stereocenters. The normalized spacial score (nSPS) is 21.9. The van der Waals surface area contributed by atoms with Crippen LogP contribution in [-0.4, -0.2) is 152 Å². The highest BCUT2D eigenvalue weighted by Crippen LogP contribution is 2.43. The fourth-order valence-electron chi connectivity index (χ4n) is 10.7. The topological polar surface area (TPSA) is 202 Å². The Labute approximate surface area is 411 Å². The first kappa shape index (κ1) is 56.8. The molecule has 2 bridgehead atoms. The Morgan fingerprint density at radius 1 is 0.870 bits per heavy atom. The Hall–Kier alpha value is -4.77. The number of carbonyl (C=O) groups excluding carboxylic acids is 7. The first-order valence-corrected chi connectivity index (χ1v) is 25.3. The van der Waals surface area contributed by atoms with E-state index in [4.69, 9.17) is 18.9 Å². The van der Waals surface area contributed by atoms with Crippen LogP contribution in [-0.2, 0) is 54.1 Å². The number of likely N-dealkylation sites (N-methyl/N-ethyl adjacent to an activating group) is 1. The largest absolute Gasteiger partial charge is 0.467 e. The highest BCUT2D eigenvalue weighted by molar-refractivity contribution is 5.93. The third kappa shape index (κ3) is 15.4. The number of nitrogens with zero attached hydrogens (tertiary/aromatic N) is 3. The summed E-state index contributed by atoms with van der Waals surface area (Å²) in [6.45, 7) is 15.8. The van der Waals surface area contributed by atoms with Gasteiger partial charge in [-0.15, -0.1) is 0 Å². The number of amides is 6. The van der Waals surface area contributed by atoms with Crippen molar-refractivity contribution < 1.29 is 52.5 Å². The molecular weight excluding hydrogens is 885 g/mol. The molecule has 0 aromatic heterocycles. The van der Waals surface area contributed by atoms with Gasteiger partial charge in [0, 0.05) is 53.2 Å². The molecule has 1 saturated carbocycles. The van der Waals surface area contributed by atoms with Crippen molar-refractivity contribution in [3.63, 3.8) is 0 Å². The number of piperidine rings is 1. The zero-order chi connectivity index (χ0) is 51.2. The monoisotopic (exact) mass is 969 g/mol. The molecule has 6 amide bonds. The van der Waals surface area contributed by atoms with E-state index in [0.29, 0.717) is 45.2 Å². The molecule has 1 aliphatic carbocycles. The minimum Gasteiger partial charge on any atom is -0.467 e. The van der Waals surface area contributed by atoms with Crippen molar-refractivity contribution in [2.75, 3.05) is 41.5 Å². The smallest absolute Gasteiger partial charge is 0.407 e. The van der Waals surface area contributed by atoms with Crippen molar-refractivity contribution in [2.45, 2.75) is 186 Å². The predicted molar refractivity (Wildman–Crippen MR) is 261 cm³/mol. The zero-order valence-corrected chi connectivity index (χ0v) is 43.5. The lowest BCUT2D eigenvalue weighted by Crippen LogP contribution is -2.60. The van der Waals surface area contributed by atoms with E-state index in [0.717, 1.165) is 31.2 Å². The van der Waals surface area contributed by atoms with Crippen LogP contribution in [0.3, 0.4) is 0 Å². The Kier molecular flexibility index (Phi) is 21.8. The highest BCUT2D eigenvalue weighted by atomic mass is 16.6. The Balaban J connectivity index is 1.42. The van der Waals surface area contributed by atoms with Gasteiger partial charge in [0.25, 0.3) is 0 Å². The van der Waals surface area contributed by atoms with Crippen molar-refractivity contribution in [1.82, 2.24) is 30.7 Å². The Morgan fingerprint density at radius 3 is 2.17 bits per heavy atom. The summed E-state index contributed by atoms with van der Waals surface area (Å²) in [5.74, 6) is -2.99. The van der Waals surface area contributed by atoms with Gasteiger partial charge in [-0.1, -0.05) is 77.8 Å². The number of likely N-dealkylation sites (tertiary alicyclic amines) is 2. The number of rotatable bonds is 25. The summed E-state index contributed by atoms with van der Waals surface area (Å²) in [5, 5.41) is 8.70. The average Bonchev–Trinajstić information content (AvgIpc) is 4.08. The summed E-state index contributed by atoms with van der Waals surface area (Å²) in [4.78, 5) is 101. The van der Waals surface area contributed by atoms with Crippen LogP contribution in [0.15, 0.2) is 30.3 Å². The molecule has 69 heavy (non-hydrogen) atoms. The fraction of sp³-hybridized carbons (Fsp3) is 0.750. The van der Waals surface area contributed by atoms with E-state index < -0.39 is 71.9 Å². The molecule has 3 N–H and O–H groups in total. The highest BCUT2D eigenvalue weighted by Gasteiger charge is 2.52. The Morgan fingerprint density at radius 2 is 1.57 bits per heavy atom. The molecule has 0 spiro atoms. The number of ether oxygens (including phenoxy) is 4. The second kappa shape index (κ2) is 26.4. The molecule has 3 aliphatic rings. The van der Waals surface area contributed by atoms with Gasteiger partial charge in [0.2, 0.25) is 29.5 Å². The standard InChI is InChI=1S/C52H84N6O11/c1-13-33(4)44(40(66-10)31-42(60)57-28-20-23-39(57)46(67-11)34(5)47(61)54-38(50(64)68-12)29-35-21-16-14-17-22-35)56(9)49(63)43(32(2)3)55-48(62)45-36-25-26-37(30-36)58(45)41(59)24-18-15-19-27-53-51(65)69-52(6,7)8/h14,16-17,21-22,32-34,36-40,43-46H,13,15,18-20,23-31H2,1-12H3,(H,53,65)(H,54,61)(H,55,62)/t33-,34+,36-,37+,38?,39?,40+,43?,44-,45-,46+/m0/s1. The molecule has 0 radical (unpaired) electrons.